The monoisotopic (exact) mass is 241 g/mol. The summed E-state index contributed by atoms with van der Waals surface area (Å²) in [5, 5.41) is 1.80. The van der Waals surface area contributed by atoms with Crippen LogP contribution >= 0.6 is 11.3 Å². The number of carbonyl (C=O) groups is 1. The minimum absolute atomic E-state index is 0.0260. The van der Waals surface area contributed by atoms with E-state index >= 15 is 0 Å². The molecule has 0 aliphatic heterocycles. The minimum Gasteiger partial charge on any atom is -0.334 e. The maximum absolute atomic E-state index is 12.1. The lowest BCUT2D eigenvalue weighted by atomic mass is 10.2. The van der Waals surface area contributed by atoms with Crippen LogP contribution in [0.3, 0.4) is 0 Å². The molecule has 5 heteroatoms. The highest BCUT2D eigenvalue weighted by Gasteiger charge is 2.21. The fourth-order valence-electron chi connectivity index (χ4n) is 1.75. The number of carbonyl (C=O) groups excluding carboxylic acids is 1. The van der Waals surface area contributed by atoms with Crippen LogP contribution in [0.1, 0.15) is 24.3 Å². The zero-order valence-corrected chi connectivity index (χ0v) is 11.1. The fraction of sp³-hybridized carbons (Fsp3) is 0.636. The summed E-state index contributed by atoms with van der Waals surface area (Å²) in [4.78, 5) is 20.1. The van der Waals surface area contributed by atoms with Gasteiger partial charge in [0.2, 0.25) is 0 Å². The van der Waals surface area contributed by atoms with Crippen molar-refractivity contribution >= 4 is 17.2 Å². The van der Waals surface area contributed by atoms with Crippen LogP contribution < -0.4 is 0 Å². The average molecular weight is 241 g/mol. The van der Waals surface area contributed by atoms with E-state index in [1.807, 2.05) is 25.9 Å². The maximum atomic E-state index is 12.1. The van der Waals surface area contributed by atoms with Crippen LogP contribution in [0.5, 0.6) is 0 Å². The SMILES string of the molecule is CCN(C(=O)c1cscn1)C(C)CN(C)C. The predicted octanol–water partition coefficient (Wildman–Crippen LogP) is 1.56. The Kier molecular flexibility index (Phi) is 4.89. The van der Waals surface area contributed by atoms with Crippen molar-refractivity contribution in [3.8, 4) is 0 Å². The Morgan fingerprint density at radius 3 is 2.69 bits per heavy atom. The quantitative estimate of drug-likeness (QED) is 0.785. The molecule has 1 rings (SSSR count). The minimum atomic E-state index is 0.0260. The van der Waals surface area contributed by atoms with Gasteiger partial charge in [0.1, 0.15) is 5.69 Å². The van der Waals surface area contributed by atoms with Gasteiger partial charge in [-0.1, -0.05) is 0 Å². The van der Waals surface area contributed by atoms with Crippen molar-refractivity contribution in [3.05, 3.63) is 16.6 Å². The summed E-state index contributed by atoms with van der Waals surface area (Å²) in [6.07, 6.45) is 0. The Morgan fingerprint density at radius 2 is 2.25 bits per heavy atom. The molecule has 0 aromatic carbocycles. The smallest absolute Gasteiger partial charge is 0.273 e. The number of likely N-dealkylation sites (N-methyl/N-ethyl adjacent to an activating group) is 2. The first kappa shape index (κ1) is 13.1. The highest BCUT2D eigenvalue weighted by Crippen LogP contribution is 2.09. The van der Waals surface area contributed by atoms with Crippen LogP contribution in [0.15, 0.2) is 10.9 Å². The molecule has 90 valence electrons. The van der Waals surface area contributed by atoms with Crippen molar-refractivity contribution in [2.75, 3.05) is 27.2 Å². The van der Waals surface area contributed by atoms with Crippen LogP contribution in [0, 0.1) is 0 Å². The topological polar surface area (TPSA) is 36.4 Å². The number of aromatic nitrogens is 1. The van der Waals surface area contributed by atoms with Gasteiger partial charge in [-0.25, -0.2) is 4.98 Å². The van der Waals surface area contributed by atoms with E-state index in [9.17, 15) is 4.79 Å². The molecule has 4 nitrogen and oxygen atoms in total. The molecule has 0 radical (unpaired) electrons. The van der Waals surface area contributed by atoms with Crippen molar-refractivity contribution in [1.29, 1.82) is 0 Å². The lowest BCUT2D eigenvalue weighted by molar-refractivity contribution is 0.0674. The lowest BCUT2D eigenvalue weighted by Gasteiger charge is -2.29. The van der Waals surface area contributed by atoms with Crippen molar-refractivity contribution < 1.29 is 4.79 Å². The predicted molar refractivity (Wildman–Crippen MR) is 66.8 cm³/mol. The summed E-state index contributed by atoms with van der Waals surface area (Å²) >= 11 is 1.45. The van der Waals surface area contributed by atoms with Crippen molar-refractivity contribution in [2.24, 2.45) is 0 Å². The molecule has 1 heterocycles. The van der Waals surface area contributed by atoms with Crippen LogP contribution in [-0.2, 0) is 0 Å². The molecule has 1 amide bonds. The van der Waals surface area contributed by atoms with E-state index in [1.165, 1.54) is 11.3 Å². The second-order valence-corrected chi connectivity index (χ2v) is 4.79. The number of hydrogen-bond donors (Lipinski definition) is 0. The highest BCUT2D eigenvalue weighted by atomic mass is 32.1. The van der Waals surface area contributed by atoms with E-state index in [0.29, 0.717) is 12.2 Å². The number of hydrogen-bond acceptors (Lipinski definition) is 4. The summed E-state index contributed by atoms with van der Waals surface area (Å²) in [7, 11) is 4.02. The summed E-state index contributed by atoms with van der Waals surface area (Å²) in [5.41, 5.74) is 2.25. The Labute approximate surface area is 101 Å². The van der Waals surface area contributed by atoms with Gasteiger partial charge in [-0.3, -0.25) is 4.79 Å². The second kappa shape index (κ2) is 5.96. The van der Waals surface area contributed by atoms with Crippen LogP contribution in [0.25, 0.3) is 0 Å². The van der Waals surface area contributed by atoms with Crippen LogP contribution in [0.4, 0.5) is 0 Å². The summed E-state index contributed by atoms with van der Waals surface area (Å²) in [6, 6.07) is 0.203. The van der Waals surface area contributed by atoms with E-state index in [4.69, 9.17) is 0 Å². The van der Waals surface area contributed by atoms with Gasteiger partial charge in [0.05, 0.1) is 5.51 Å². The molecule has 0 bridgehead atoms. The number of thiazole rings is 1. The molecule has 0 spiro atoms. The summed E-state index contributed by atoms with van der Waals surface area (Å²) in [5.74, 6) is 0.0260. The molecule has 0 aliphatic carbocycles. The third kappa shape index (κ3) is 3.28. The Morgan fingerprint density at radius 1 is 1.56 bits per heavy atom. The van der Waals surface area contributed by atoms with Crippen LogP contribution in [0.2, 0.25) is 0 Å². The maximum Gasteiger partial charge on any atom is 0.273 e. The normalized spacial score (nSPS) is 12.8. The van der Waals surface area contributed by atoms with E-state index in [0.717, 1.165) is 6.54 Å². The fourth-order valence-corrected chi connectivity index (χ4v) is 2.27. The zero-order valence-electron chi connectivity index (χ0n) is 10.3. The van der Waals surface area contributed by atoms with Gasteiger partial charge in [0.25, 0.3) is 5.91 Å². The van der Waals surface area contributed by atoms with Gasteiger partial charge in [-0.2, -0.15) is 0 Å². The molecular weight excluding hydrogens is 222 g/mol. The molecule has 0 N–H and O–H groups in total. The second-order valence-electron chi connectivity index (χ2n) is 4.08. The Balaban J connectivity index is 2.70. The molecule has 1 atom stereocenters. The standard InChI is InChI=1S/C11H19N3OS/c1-5-14(9(2)6-13(3)4)11(15)10-7-16-8-12-10/h7-9H,5-6H2,1-4H3. The summed E-state index contributed by atoms with van der Waals surface area (Å²) in [6.45, 7) is 5.64. The van der Waals surface area contributed by atoms with Crippen molar-refractivity contribution in [3.63, 3.8) is 0 Å². The van der Waals surface area contributed by atoms with Gasteiger partial charge in [-0.05, 0) is 27.9 Å². The van der Waals surface area contributed by atoms with Crippen LogP contribution in [-0.4, -0.2) is 53.9 Å². The largest absolute Gasteiger partial charge is 0.334 e. The lowest BCUT2D eigenvalue weighted by Crippen LogP contribution is -2.43. The average Bonchev–Trinajstić information content (AvgIpc) is 2.69. The molecule has 1 unspecified atom stereocenters. The van der Waals surface area contributed by atoms with Gasteiger partial charge < -0.3 is 9.80 Å². The van der Waals surface area contributed by atoms with E-state index in [1.54, 1.807) is 10.9 Å². The highest BCUT2D eigenvalue weighted by molar-refractivity contribution is 7.07. The number of nitrogens with zero attached hydrogens (tertiary/aromatic N) is 3. The van der Waals surface area contributed by atoms with E-state index < -0.39 is 0 Å². The van der Waals surface area contributed by atoms with Gasteiger partial charge >= 0.3 is 0 Å². The molecule has 16 heavy (non-hydrogen) atoms. The van der Waals surface area contributed by atoms with Gasteiger partial charge in [0.15, 0.2) is 0 Å². The number of amides is 1. The first-order valence-corrected chi connectivity index (χ1v) is 6.34. The van der Waals surface area contributed by atoms with E-state index in [-0.39, 0.29) is 11.9 Å². The number of rotatable bonds is 5. The molecule has 1 aromatic heterocycles. The van der Waals surface area contributed by atoms with E-state index in [2.05, 4.69) is 16.8 Å². The third-order valence-corrected chi connectivity index (χ3v) is 3.00. The van der Waals surface area contributed by atoms with Gasteiger partial charge in [0, 0.05) is 24.5 Å². The Hall–Kier alpha value is -0.940. The molecule has 0 saturated carbocycles. The summed E-state index contributed by atoms with van der Waals surface area (Å²) < 4.78 is 0. The van der Waals surface area contributed by atoms with Gasteiger partial charge in [-0.15, -0.1) is 11.3 Å². The Bertz CT molecular complexity index is 324. The van der Waals surface area contributed by atoms with Crippen molar-refractivity contribution in [1.82, 2.24) is 14.8 Å². The van der Waals surface area contributed by atoms with Crippen molar-refractivity contribution in [2.45, 2.75) is 19.9 Å². The first-order valence-electron chi connectivity index (χ1n) is 5.40. The zero-order chi connectivity index (χ0) is 12.1. The molecular formula is C11H19N3OS. The molecule has 0 aliphatic rings. The third-order valence-electron chi connectivity index (χ3n) is 2.41. The molecule has 1 aromatic rings. The molecule has 0 saturated heterocycles. The first-order chi connectivity index (χ1) is 7.56. The molecule has 0 fully saturated rings.